The summed E-state index contributed by atoms with van der Waals surface area (Å²) in [5.41, 5.74) is 6.06. The summed E-state index contributed by atoms with van der Waals surface area (Å²) in [4.78, 5) is 3.93. The molecule has 2 rings (SSSR count). The molecule has 0 aliphatic rings. The molecule has 0 saturated carbocycles. The summed E-state index contributed by atoms with van der Waals surface area (Å²) < 4.78 is 1.54. The summed E-state index contributed by atoms with van der Waals surface area (Å²) >= 11 is 5.70. The van der Waals surface area contributed by atoms with Crippen LogP contribution in [0.4, 0.5) is 5.95 Å². The van der Waals surface area contributed by atoms with Gasteiger partial charge in [0.25, 0.3) is 0 Å². The van der Waals surface area contributed by atoms with Crippen LogP contribution in [0.1, 0.15) is 0 Å². The van der Waals surface area contributed by atoms with E-state index in [1.165, 1.54) is 4.52 Å². The van der Waals surface area contributed by atoms with Crippen LogP contribution in [0.3, 0.4) is 0 Å². The molecule has 2 heterocycles. The average Bonchev–Trinajstić information content (AvgIpc) is 2.27. The van der Waals surface area contributed by atoms with Crippen molar-refractivity contribution in [2.24, 2.45) is 0 Å². The Balaban J connectivity index is 2.82. The Morgan fingerprint density at radius 3 is 3.09 bits per heavy atom. The molecule has 0 aliphatic carbocycles. The Hall–Kier alpha value is -1.29. The number of nitrogen functional groups attached to an aromatic ring is 1. The quantitative estimate of drug-likeness (QED) is 0.638. The Kier molecular flexibility index (Phi) is 1.22. The number of fused-ring (bicyclic) bond motifs is 1. The second kappa shape index (κ2) is 2.10. The second-order valence-corrected chi connectivity index (χ2v) is 2.56. The van der Waals surface area contributed by atoms with Crippen molar-refractivity contribution in [3.05, 3.63) is 23.4 Å². The van der Waals surface area contributed by atoms with E-state index in [1.54, 1.807) is 18.3 Å². The Labute approximate surface area is 67.6 Å². The van der Waals surface area contributed by atoms with Gasteiger partial charge in [-0.1, -0.05) is 11.6 Å². The van der Waals surface area contributed by atoms with Crippen LogP contribution in [0.5, 0.6) is 0 Å². The fourth-order valence-corrected chi connectivity index (χ4v) is 1.03. The largest absolute Gasteiger partial charge is 0.366 e. The van der Waals surface area contributed by atoms with Crippen LogP contribution in [-0.2, 0) is 0 Å². The molecule has 0 atom stereocenters. The molecule has 0 bridgehead atoms. The second-order valence-electron chi connectivity index (χ2n) is 2.12. The van der Waals surface area contributed by atoms with Crippen LogP contribution in [0, 0.1) is 0 Å². The lowest BCUT2D eigenvalue weighted by atomic mass is 10.5. The normalized spacial score (nSPS) is 10.6. The Morgan fingerprint density at radius 1 is 1.45 bits per heavy atom. The van der Waals surface area contributed by atoms with Crippen molar-refractivity contribution >= 4 is 23.2 Å². The first kappa shape index (κ1) is 6.42. The minimum atomic E-state index is 0.257. The summed E-state index contributed by atoms with van der Waals surface area (Å²) in [6.45, 7) is 0. The lowest BCUT2D eigenvalue weighted by Crippen LogP contribution is -1.88. The minimum absolute atomic E-state index is 0.257. The van der Waals surface area contributed by atoms with Gasteiger partial charge in [0.05, 0.1) is 5.02 Å². The van der Waals surface area contributed by atoms with Crippen molar-refractivity contribution in [2.45, 2.75) is 0 Å². The lowest BCUT2D eigenvalue weighted by molar-refractivity contribution is 0.968. The third-order valence-electron chi connectivity index (χ3n) is 1.31. The highest BCUT2D eigenvalue weighted by Crippen LogP contribution is 2.09. The smallest absolute Gasteiger partial charge is 0.240 e. The van der Waals surface area contributed by atoms with Crippen molar-refractivity contribution in [3.8, 4) is 0 Å². The zero-order chi connectivity index (χ0) is 7.84. The number of nitrogens with zero attached hydrogens (tertiary/aromatic N) is 3. The van der Waals surface area contributed by atoms with E-state index in [1.807, 2.05) is 0 Å². The lowest BCUT2D eigenvalue weighted by Gasteiger charge is -1.89. The molecule has 0 fully saturated rings. The molecule has 56 valence electrons. The molecular weight excluding hydrogens is 164 g/mol. The molecule has 0 aliphatic heterocycles. The van der Waals surface area contributed by atoms with Crippen molar-refractivity contribution in [1.82, 2.24) is 14.6 Å². The van der Waals surface area contributed by atoms with Gasteiger partial charge in [-0.2, -0.15) is 4.98 Å². The molecule has 0 unspecified atom stereocenters. The molecule has 0 aromatic carbocycles. The maximum absolute atomic E-state index is 5.70. The number of halogens is 1. The highest BCUT2D eigenvalue weighted by Gasteiger charge is 1.98. The van der Waals surface area contributed by atoms with Gasteiger partial charge in [0.15, 0.2) is 5.65 Å². The number of hydrogen-bond donors (Lipinski definition) is 1. The predicted octanol–water partition coefficient (Wildman–Crippen LogP) is 0.965. The number of hydrogen-bond acceptors (Lipinski definition) is 3. The number of nitrogens with two attached hydrogens (primary N) is 1. The standard InChI is InChI=1S/C6H5ClN4/c7-4-1-2-5-9-6(8)10-11(5)3-4/h1-3H,(H2,8,10). The summed E-state index contributed by atoms with van der Waals surface area (Å²) in [5, 5.41) is 4.49. The van der Waals surface area contributed by atoms with Gasteiger partial charge in [0.1, 0.15) is 0 Å². The highest BCUT2D eigenvalue weighted by molar-refractivity contribution is 6.30. The van der Waals surface area contributed by atoms with E-state index in [9.17, 15) is 0 Å². The SMILES string of the molecule is Nc1nc2ccc(Cl)cn2n1. The van der Waals surface area contributed by atoms with Gasteiger partial charge in [-0.3, -0.25) is 0 Å². The van der Waals surface area contributed by atoms with Gasteiger partial charge in [-0.25, -0.2) is 4.52 Å². The summed E-state index contributed by atoms with van der Waals surface area (Å²) in [6, 6.07) is 3.50. The van der Waals surface area contributed by atoms with Crippen LogP contribution in [0.15, 0.2) is 18.3 Å². The Morgan fingerprint density at radius 2 is 2.27 bits per heavy atom. The monoisotopic (exact) mass is 168 g/mol. The zero-order valence-corrected chi connectivity index (χ0v) is 6.28. The molecule has 2 aromatic heterocycles. The first-order valence-corrected chi connectivity index (χ1v) is 3.41. The molecule has 0 saturated heterocycles. The van der Waals surface area contributed by atoms with E-state index in [2.05, 4.69) is 10.1 Å². The third-order valence-corrected chi connectivity index (χ3v) is 1.53. The maximum Gasteiger partial charge on any atom is 0.240 e. The molecule has 0 amide bonds. The van der Waals surface area contributed by atoms with Crippen LogP contribution >= 0.6 is 11.6 Å². The van der Waals surface area contributed by atoms with Crippen LogP contribution in [0.2, 0.25) is 5.02 Å². The van der Waals surface area contributed by atoms with E-state index < -0.39 is 0 Å². The molecule has 2 N–H and O–H groups in total. The molecule has 0 spiro atoms. The average molecular weight is 169 g/mol. The van der Waals surface area contributed by atoms with Crippen LogP contribution < -0.4 is 5.73 Å². The van der Waals surface area contributed by atoms with E-state index in [-0.39, 0.29) is 5.95 Å². The molecular formula is C6H5ClN4. The van der Waals surface area contributed by atoms with Gasteiger partial charge in [0.2, 0.25) is 5.95 Å². The third kappa shape index (κ3) is 1.01. The van der Waals surface area contributed by atoms with Gasteiger partial charge < -0.3 is 5.73 Å². The number of anilines is 1. The molecule has 2 aromatic rings. The molecule has 0 radical (unpaired) electrons. The predicted molar refractivity (Wildman–Crippen MR) is 42.4 cm³/mol. The number of pyridine rings is 1. The van der Waals surface area contributed by atoms with Gasteiger partial charge in [-0.05, 0) is 12.1 Å². The van der Waals surface area contributed by atoms with Gasteiger partial charge in [-0.15, -0.1) is 5.10 Å². The first-order chi connectivity index (χ1) is 5.25. The number of rotatable bonds is 0. The Bertz CT molecular complexity index is 394. The molecule has 5 heteroatoms. The first-order valence-electron chi connectivity index (χ1n) is 3.03. The van der Waals surface area contributed by atoms with Crippen molar-refractivity contribution in [2.75, 3.05) is 5.73 Å². The van der Waals surface area contributed by atoms with Crippen molar-refractivity contribution in [3.63, 3.8) is 0 Å². The highest BCUT2D eigenvalue weighted by atomic mass is 35.5. The summed E-state index contributed by atoms with van der Waals surface area (Å²) in [5.74, 6) is 0.257. The van der Waals surface area contributed by atoms with E-state index in [4.69, 9.17) is 17.3 Å². The maximum atomic E-state index is 5.70. The minimum Gasteiger partial charge on any atom is -0.366 e. The van der Waals surface area contributed by atoms with Crippen molar-refractivity contribution in [1.29, 1.82) is 0 Å². The topological polar surface area (TPSA) is 56.2 Å². The molecule has 4 nitrogen and oxygen atoms in total. The number of aromatic nitrogens is 3. The van der Waals surface area contributed by atoms with E-state index in [0.717, 1.165) is 0 Å². The van der Waals surface area contributed by atoms with Crippen LogP contribution in [-0.4, -0.2) is 14.6 Å². The zero-order valence-electron chi connectivity index (χ0n) is 5.53. The van der Waals surface area contributed by atoms with Crippen LogP contribution in [0.25, 0.3) is 5.65 Å². The summed E-state index contributed by atoms with van der Waals surface area (Å²) in [6.07, 6.45) is 1.65. The van der Waals surface area contributed by atoms with Crippen molar-refractivity contribution < 1.29 is 0 Å². The molecule has 11 heavy (non-hydrogen) atoms. The fraction of sp³-hybridized carbons (Fsp3) is 0. The van der Waals surface area contributed by atoms with Gasteiger partial charge >= 0.3 is 0 Å². The summed E-state index contributed by atoms with van der Waals surface area (Å²) in [7, 11) is 0. The van der Waals surface area contributed by atoms with E-state index >= 15 is 0 Å². The fourth-order valence-electron chi connectivity index (χ4n) is 0.875. The van der Waals surface area contributed by atoms with Gasteiger partial charge in [0, 0.05) is 6.20 Å². The van der Waals surface area contributed by atoms with E-state index in [0.29, 0.717) is 10.7 Å².